The summed E-state index contributed by atoms with van der Waals surface area (Å²) in [5, 5.41) is 14.7. The van der Waals surface area contributed by atoms with Gasteiger partial charge in [0.05, 0.1) is 24.1 Å². The summed E-state index contributed by atoms with van der Waals surface area (Å²) in [6.07, 6.45) is 7.15. The van der Waals surface area contributed by atoms with Crippen LogP contribution in [0.15, 0.2) is 35.0 Å². The highest BCUT2D eigenvalue weighted by Crippen LogP contribution is 2.40. The Bertz CT molecular complexity index is 1240. The average molecular weight is 466 g/mol. The first kappa shape index (κ1) is 21.3. The Morgan fingerprint density at radius 1 is 1.15 bits per heavy atom. The van der Waals surface area contributed by atoms with Crippen LogP contribution in [0.3, 0.4) is 0 Å². The second-order valence-electron chi connectivity index (χ2n) is 9.91. The molecule has 1 saturated carbocycles. The fourth-order valence-electron chi connectivity index (χ4n) is 5.42. The van der Waals surface area contributed by atoms with Crippen LogP contribution in [-0.2, 0) is 0 Å². The number of alkyl halides is 1. The molecule has 3 aliphatic rings. The highest BCUT2D eigenvalue weighted by atomic mass is 19.1. The van der Waals surface area contributed by atoms with Gasteiger partial charge in [-0.2, -0.15) is 0 Å². The summed E-state index contributed by atoms with van der Waals surface area (Å²) in [4.78, 5) is 25.0. The number of phenols is 1. The molecule has 4 atom stereocenters. The number of fused-ring (bicyclic) bond motifs is 3. The SMILES string of the molecule is CN(C)C(=O)c1cc2cc(O)c(-c3cnc(N(C4CC4)[C@@H]4CC5CCC(N5)[C@@H]4F)cn3)cc2o1. The van der Waals surface area contributed by atoms with Gasteiger partial charge in [-0.15, -0.1) is 0 Å². The predicted molar refractivity (Wildman–Crippen MR) is 126 cm³/mol. The van der Waals surface area contributed by atoms with Crippen molar-refractivity contribution in [1.82, 2.24) is 20.2 Å². The monoisotopic (exact) mass is 465 g/mol. The number of furan rings is 1. The molecule has 3 fully saturated rings. The van der Waals surface area contributed by atoms with Crippen LogP contribution in [0.4, 0.5) is 10.2 Å². The van der Waals surface area contributed by atoms with Gasteiger partial charge in [0.1, 0.15) is 23.3 Å². The fraction of sp³-hybridized carbons (Fsp3) is 0.480. The number of benzene rings is 1. The minimum Gasteiger partial charge on any atom is -0.507 e. The minimum atomic E-state index is -0.926. The summed E-state index contributed by atoms with van der Waals surface area (Å²) in [5.41, 5.74) is 1.43. The van der Waals surface area contributed by atoms with E-state index in [-0.39, 0.29) is 29.5 Å². The Balaban J connectivity index is 1.30. The van der Waals surface area contributed by atoms with Crippen LogP contribution >= 0.6 is 0 Å². The predicted octanol–water partition coefficient (Wildman–Crippen LogP) is 3.50. The standard InChI is InChI=1S/C25H28FN5O3/c1-30(2)25(33)22-8-13-7-20(32)16(10-21(13)34-22)18-11-28-23(12-27-18)31(15-4-5-15)19-9-14-3-6-17(29-14)24(19)26/h7-8,10-12,14-15,17,19,24,29,32H,3-6,9H2,1-2H3/t14?,17?,19-,24+/m1/s1. The molecule has 0 spiro atoms. The van der Waals surface area contributed by atoms with Gasteiger partial charge in [-0.3, -0.25) is 9.78 Å². The Morgan fingerprint density at radius 2 is 1.97 bits per heavy atom. The van der Waals surface area contributed by atoms with Gasteiger partial charge in [0.15, 0.2) is 5.76 Å². The van der Waals surface area contributed by atoms with Crippen LogP contribution in [-0.4, -0.2) is 70.3 Å². The Labute approximate surface area is 196 Å². The van der Waals surface area contributed by atoms with Crippen molar-refractivity contribution in [3.8, 4) is 17.0 Å². The molecule has 6 rings (SSSR count). The molecule has 2 aromatic heterocycles. The third kappa shape index (κ3) is 3.58. The van der Waals surface area contributed by atoms with Gasteiger partial charge in [-0.1, -0.05) is 0 Å². The van der Waals surface area contributed by atoms with Gasteiger partial charge in [0.25, 0.3) is 5.91 Å². The molecule has 9 heteroatoms. The first-order chi connectivity index (χ1) is 16.4. The topological polar surface area (TPSA) is 94.7 Å². The molecule has 1 amide bonds. The van der Waals surface area contributed by atoms with Crippen LogP contribution in [0.5, 0.6) is 5.75 Å². The van der Waals surface area contributed by atoms with Crippen molar-refractivity contribution in [2.75, 3.05) is 19.0 Å². The number of halogens is 1. The van der Waals surface area contributed by atoms with Crippen LogP contribution in [0.25, 0.3) is 22.2 Å². The zero-order chi connectivity index (χ0) is 23.6. The van der Waals surface area contributed by atoms with Crippen molar-refractivity contribution >= 4 is 22.7 Å². The lowest BCUT2D eigenvalue weighted by Gasteiger charge is -2.41. The van der Waals surface area contributed by atoms with Crippen molar-refractivity contribution < 1.29 is 18.7 Å². The number of aromatic hydroxyl groups is 1. The van der Waals surface area contributed by atoms with Crippen LogP contribution in [0, 0.1) is 0 Å². The lowest BCUT2D eigenvalue weighted by atomic mass is 9.96. The maximum atomic E-state index is 15.3. The Morgan fingerprint density at radius 3 is 2.68 bits per heavy atom. The molecule has 0 radical (unpaired) electrons. The summed E-state index contributed by atoms with van der Waals surface area (Å²) >= 11 is 0. The number of nitrogens with one attached hydrogen (secondary N) is 1. The fourth-order valence-corrected chi connectivity index (χ4v) is 5.42. The van der Waals surface area contributed by atoms with Crippen molar-refractivity contribution in [1.29, 1.82) is 0 Å². The second kappa shape index (κ2) is 7.94. The smallest absolute Gasteiger partial charge is 0.289 e. The molecule has 34 heavy (non-hydrogen) atoms. The average Bonchev–Trinajstić information content (AvgIpc) is 3.44. The van der Waals surface area contributed by atoms with E-state index in [2.05, 4.69) is 20.2 Å². The van der Waals surface area contributed by atoms with E-state index in [1.165, 1.54) is 4.90 Å². The largest absolute Gasteiger partial charge is 0.507 e. The maximum Gasteiger partial charge on any atom is 0.289 e. The molecular weight excluding hydrogens is 437 g/mol. The zero-order valence-corrected chi connectivity index (χ0v) is 19.2. The molecule has 178 valence electrons. The van der Waals surface area contributed by atoms with E-state index in [1.54, 1.807) is 44.7 Å². The number of phenolic OH excluding ortho intramolecular Hbond substituents is 1. The van der Waals surface area contributed by atoms with E-state index in [4.69, 9.17) is 4.42 Å². The number of carbonyl (C=O) groups is 1. The van der Waals surface area contributed by atoms with Gasteiger partial charge in [-0.05, 0) is 50.3 Å². The first-order valence-corrected chi connectivity index (χ1v) is 11.9. The highest BCUT2D eigenvalue weighted by molar-refractivity contribution is 5.97. The van der Waals surface area contributed by atoms with E-state index in [1.807, 2.05) is 0 Å². The van der Waals surface area contributed by atoms with Gasteiger partial charge < -0.3 is 24.6 Å². The number of nitrogens with zero attached hydrogens (tertiary/aromatic N) is 4. The number of carbonyl (C=O) groups excluding carboxylic acids is 1. The molecule has 8 nitrogen and oxygen atoms in total. The molecule has 2 bridgehead atoms. The van der Waals surface area contributed by atoms with Gasteiger partial charge in [0, 0.05) is 43.2 Å². The van der Waals surface area contributed by atoms with Gasteiger partial charge in [0.2, 0.25) is 0 Å². The summed E-state index contributed by atoms with van der Waals surface area (Å²) in [6.45, 7) is 0. The third-order valence-electron chi connectivity index (χ3n) is 7.28. The lowest BCUT2D eigenvalue weighted by Crippen LogP contribution is -2.57. The Kier molecular flexibility index (Phi) is 4.98. The summed E-state index contributed by atoms with van der Waals surface area (Å²) < 4.78 is 21.0. The molecule has 1 aliphatic carbocycles. The van der Waals surface area contributed by atoms with Gasteiger partial charge >= 0.3 is 0 Å². The number of rotatable bonds is 5. The van der Waals surface area contributed by atoms with Crippen molar-refractivity contribution in [3.63, 3.8) is 0 Å². The zero-order valence-electron chi connectivity index (χ0n) is 19.2. The molecule has 2 saturated heterocycles. The molecule has 2 N–H and O–H groups in total. The lowest BCUT2D eigenvalue weighted by molar-refractivity contribution is 0.0799. The minimum absolute atomic E-state index is 0.0250. The first-order valence-electron chi connectivity index (χ1n) is 11.9. The normalized spacial score (nSPS) is 26.1. The van der Waals surface area contributed by atoms with Crippen molar-refractivity contribution in [3.05, 3.63) is 36.4 Å². The second-order valence-corrected chi connectivity index (χ2v) is 9.91. The molecule has 4 heterocycles. The van der Waals surface area contributed by atoms with E-state index in [0.29, 0.717) is 40.1 Å². The van der Waals surface area contributed by atoms with Crippen LogP contribution < -0.4 is 10.2 Å². The van der Waals surface area contributed by atoms with E-state index in [0.717, 1.165) is 32.1 Å². The van der Waals surface area contributed by atoms with Crippen LogP contribution in [0.1, 0.15) is 42.7 Å². The third-order valence-corrected chi connectivity index (χ3v) is 7.28. The molecule has 3 aromatic rings. The Hall–Kier alpha value is -3.20. The number of hydrogen-bond acceptors (Lipinski definition) is 7. The molecular formula is C25H28FN5O3. The number of hydrogen-bond donors (Lipinski definition) is 2. The molecule has 1 aromatic carbocycles. The van der Waals surface area contributed by atoms with E-state index < -0.39 is 6.17 Å². The van der Waals surface area contributed by atoms with Crippen molar-refractivity contribution in [2.24, 2.45) is 0 Å². The number of anilines is 1. The van der Waals surface area contributed by atoms with Crippen molar-refractivity contribution in [2.45, 2.75) is 62.4 Å². The number of aromatic nitrogens is 2. The highest BCUT2D eigenvalue weighted by Gasteiger charge is 2.48. The van der Waals surface area contributed by atoms with E-state index in [9.17, 15) is 9.90 Å². The van der Waals surface area contributed by atoms with E-state index >= 15 is 4.39 Å². The van der Waals surface area contributed by atoms with Crippen LogP contribution in [0.2, 0.25) is 0 Å². The summed E-state index contributed by atoms with van der Waals surface area (Å²) in [6, 6.07) is 5.26. The summed E-state index contributed by atoms with van der Waals surface area (Å²) in [5.74, 6) is 0.656. The molecule has 2 unspecified atom stereocenters. The number of piperidine rings is 1. The number of amides is 1. The quantitative estimate of drug-likeness (QED) is 0.596. The molecule has 2 aliphatic heterocycles. The maximum absolute atomic E-state index is 15.3. The van der Waals surface area contributed by atoms with Gasteiger partial charge in [-0.25, -0.2) is 9.37 Å². The summed E-state index contributed by atoms with van der Waals surface area (Å²) in [7, 11) is 3.31.